The Balaban J connectivity index is 1.68. The Kier molecular flexibility index (Phi) is 4.47. The number of rotatable bonds is 2. The van der Waals surface area contributed by atoms with Gasteiger partial charge in [-0.3, -0.25) is 4.98 Å². The highest BCUT2D eigenvalue weighted by molar-refractivity contribution is 7.80. The van der Waals surface area contributed by atoms with E-state index >= 15 is 0 Å². The van der Waals surface area contributed by atoms with Crippen LogP contribution in [-0.4, -0.2) is 26.1 Å². The lowest BCUT2D eigenvalue weighted by molar-refractivity contribution is 0.293. The number of nitrogens with one attached hydrogen (secondary N) is 1. The molecule has 26 heavy (non-hydrogen) atoms. The lowest BCUT2D eigenvalue weighted by Crippen LogP contribution is -2.44. The van der Waals surface area contributed by atoms with Crippen LogP contribution in [0.4, 0.5) is 5.69 Å². The average Bonchev–Trinajstić information content (AvgIpc) is 3.14. The van der Waals surface area contributed by atoms with Gasteiger partial charge >= 0.3 is 0 Å². The van der Waals surface area contributed by atoms with Crippen LogP contribution in [0.2, 0.25) is 0 Å². The number of nitrogens with zero attached hydrogens (tertiary/aromatic N) is 3. The Morgan fingerprint density at radius 1 is 1.08 bits per heavy atom. The van der Waals surface area contributed by atoms with Gasteiger partial charge in [-0.2, -0.15) is 0 Å². The van der Waals surface area contributed by atoms with Crippen LogP contribution in [0.25, 0.3) is 0 Å². The van der Waals surface area contributed by atoms with Crippen molar-refractivity contribution in [1.29, 1.82) is 0 Å². The number of hydrogen-bond donors (Lipinski definition) is 1. The first-order valence-corrected chi connectivity index (χ1v) is 9.25. The second-order valence-corrected chi connectivity index (χ2v) is 7.07. The highest BCUT2D eigenvalue weighted by Crippen LogP contribution is 2.33. The van der Waals surface area contributed by atoms with Gasteiger partial charge in [0.25, 0.3) is 0 Å². The van der Waals surface area contributed by atoms with Crippen molar-refractivity contribution >= 4 is 23.0 Å². The van der Waals surface area contributed by atoms with Crippen LogP contribution in [0, 0.1) is 13.8 Å². The van der Waals surface area contributed by atoms with Crippen LogP contribution in [0.5, 0.6) is 0 Å². The summed E-state index contributed by atoms with van der Waals surface area (Å²) in [4.78, 5) is 6.45. The first-order valence-electron chi connectivity index (χ1n) is 8.84. The van der Waals surface area contributed by atoms with E-state index in [4.69, 9.17) is 12.2 Å². The van der Waals surface area contributed by atoms with Crippen LogP contribution in [-0.2, 0) is 6.54 Å². The molecule has 0 unspecified atom stereocenters. The summed E-state index contributed by atoms with van der Waals surface area (Å²) in [6, 6.07) is 14.8. The highest BCUT2D eigenvalue weighted by atomic mass is 32.1. The third-order valence-corrected chi connectivity index (χ3v) is 5.50. The monoisotopic (exact) mass is 362 g/mol. The van der Waals surface area contributed by atoms with Crippen molar-refractivity contribution in [2.45, 2.75) is 26.4 Å². The molecule has 0 spiro atoms. The van der Waals surface area contributed by atoms with Crippen LogP contribution in [0.15, 0.2) is 61.1 Å². The van der Waals surface area contributed by atoms with Gasteiger partial charge < -0.3 is 14.8 Å². The minimum absolute atomic E-state index is 0.0897. The predicted molar refractivity (Wildman–Crippen MR) is 109 cm³/mol. The zero-order chi connectivity index (χ0) is 18.1. The number of benzene rings is 1. The molecule has 4 rings (SSSR count). The third-order valence-electron chi connectivity index (χ3n) is 5.17. The topological polar surface area (TPSA) is 33.1 Å². The molecule has 3 heterocycles. The van der Waals surface area contributed by atoms with E-state index in [1.807, 2.05) is 12.4 Å². The summed E-state index contributed by atoms with van der Waals surface area (Å²) in [5.41, 5.74) is 6.02. The number of aryl methyl sites for hydroxylation is 1. The van der Waals surface area contributed by atoms with Crippen molar-refractivity contribution in [3.63, 3.8) is 0 Å². The van der Waals surface area contributed by atoms with Gasteiger partial charge in [0.15, 0.2) is 5.11 Å². The molecule has 1 aliphatic heterocycles. The molecule has 1 aromatic carbocycles. The molecule has 0 bridgehead atoms. The Labute approximate surface area is 159 Å². The third kappa shape index (κ3) is 2.99. The first kappa shape index (κ1) is 16.8. The molecule has 3 aromatic rings. The fourth-order valence-corrected chi connectivity index (χ4v) is 3.88. The number of hydrogen-bond acceptors (Lipinski definition) is 2. The van der Waals surface area contributed by atoms with Gasteiger partial charge in [0.1, 0.15) is 0 Å². The summed E-state index contributed by atoms with van der Waals surface area (Å²) in [5, 5.41) is 4.23. The molecule has 0 fully saturated rings. The predicted octanol–water partition coefficient (Wildman–Crippen LogP) is 4.30. The smallest absolute Gasteiger partial charge is 0.174 e. The van der Waals surface area contributed by atoms with Gasteiger partial charge in [0.2, 0.25) is 0 Å². The molecular formula is C21H22N4S. The number of anilines is 1. The molecule has 2 aromatic heterocycles. The largest absolute Gasteiger partial charge is 0.348 e. The highest BCUT2D eigenvalue weighted by Gasteiger charge is 2.30. The first-order chi connectivity index (χ1) is 12.6. The maximum atomic E-state index is 5.83. The molecule has 0 saturated carbocycles. The van der Waals surface area contributed by atoms with Crippen molar-refractivity contribution < 1.29 is 0 Å². The summed E-state index contributed by atoms with van der Waals surface area (Å²) in [6.45, 7) is 6.04. The Bertz CT molecular complexity index is 932. The van der Waals surface area contributed by atoms with Crippen molar-refractivity contribution in [1.82, 2.24) is 14.5 Å². The van der Waals surface area contributed by atoms with E-state index in [1.54, 1.807) is 0 Å². The Hall–Kier alpha value is -2.66. The zero-order valence-corrected chi connectivity index (χ0v) is 15.8. The number of fused-ring (bicyclic) bond motifs is 1. The van der Waals surface area contributed by atoms with Gasteiger partial charge in [-0.1, -0.05) is 12.1 Å². The molecule has 1 atom stereocenters. The molecule has 1 aliphatic rings. The second-order valence-electron chi connectivity index (χ2n) is 6.68. The fraction of sp³-hybridized carbons (Fsp3) is 0.238. The van der Waals surface area contributed by atoms with Crippen molar-refractivity contribution in [2.75, 3.05) is 11.9 Å². The van der Waals surface area contributed by atoms with Gasteiger partial charge in [0, 0.05) is 43.1 Å². The number of pyridine rings is 1. The molecule has 0 amide bonds. The van der Waals surface area contributed by atoms with Crippen molar-refractivity contribution in [3.8, 4) is 0 Å². The fourth-order valence-electron chi connectivity index (χ4n) is 3.57. The normalized spacial score (nSPS) is 16.2. The minimum atomic E-state index is 0.0897. The quantitative estimate of drug-likeness (QED) is 0.689. The summed E-state index contributed by atoms with van der Waals surface area (Å²) in [7, 11) is 0. The lowest BCUT2D eigenvalue weighted by Gasteiger charge is -2.39. The second kappa shape index (κ2) is 6.92. The Morgan fingerprint density at radius 3 is 2.69 bits per heavy atom. The van der Waals surface area contributed by atoms with E-state index in [0.29, 0.717) is 0 Å². The average molecular weight is 363 g/mol. The van der Waals surface area contributed by atoms with Crippen LogP contribution < -0.4 is 5.32 Å². The van der Waals surface area contributed by atoms with Crippen molar-refractivity contribution in [2.24, 2.45) is 0 Å². The molecule has 0 radical (unpaired) electrons. The van der Waals surface area contributed by atoms with Crippen LogP contribution in [0.1, 0.15) is 28.4 Å². The molecular weight excluding hydrogens is 340 g/mol. The van der Waals surface area contributed by atoms with E-state index in [0.717, 1.165) is 23.9 Å². The molecule has 1 N–H and O–H groups in total. The summed E-state index contributed by atoms with van der Waals surface area (Å²) in [6.07, 6.45) is 5.83. The molecule has 0 saturated heterocycles. The molecule has 132 valence electrons. The van der Waals surface area contributed by atoms with Crippen LogP contribution >= 0.6 is 12.2 Å². The lowest BCUT2D eigenvalue weighted by atomic mass is 10.0. The summed E-state index contributed by atoms with van der Waals surface area (Å²) >= 11 is 5.83. The van der Waals surface area contributed by atoms with Crippen molar-refractivity contribution in [3.05, 3.63) is 83.4 Å². The Morgan fingerprint density at radius 2 is 1.88 bits per heavy atom. The number of thiocarbonyl (C=S) groups is 1. The van der Waals surface area contributed by atoms with Gasteiger partial charge in [0.05, 0.1) is 6.04 Å². The van der Waals surface area contributed by atoms with E-state index < -0.39 is 0 Å². The summed E-state index contributed by atoms with van der Waals surface area (Å²) in [5.74, 6) is 0. The standard InChI is InChI=1S/C21H22N4S/c1-15-5-3-6-18(16(15)2)23-21(26)25-14-13-24-12-4-7-19(24)20(25)17-8-10-22-11-9-17/h3-12,20H,13-14H2,1-2H3,(H,23,26)/t20-/m0/s1. The number of aromatic nitrogens is 2. The van der Waals surface area contributed by atoms with Crippen LogP contribution in [0.3, 0.4) is 0 Å². The molecule has 0 aliphatic carbocycles. The van der Waals surface area contributed by atoms with Gasteiger partial charge in [-0.05, 0) is 73.1 Å². The van der Waals surface area contributed by atoms with Gasteiger partial charge in [-0.25, -0.2) is 0 Å². The minimum Gasteiger partial charge on any atom is -0.348 e. The maximum absolute atomic E-state index is 5.83. The molecule has 4 nitrogen and oxygen atoms in total. The van der Waals surface area contributed by atoms with E-state index in [-0.39, 0.29) is 6.04 Å². The zero-order valence-electron chi connectivity index (χ0n) is 15.0. The maximum Gasteiger partial charge on any atom is 0.174 e. The van der Waals surface area contributed by atoms with Gasteiger partial charge in [-0.15, -0.1) is 0 Å². The van der Waals surface area contributed by atoms with E-state index in [2.05, 4.69) is 82.3 Å². The SMILES string of the molecule is Cc1cccc(NC(=S)N2CCn3cccc3[C@@H]2c2ccncc2)c1C. The van der Waals surface area contributed by atoms with E-state index in [1.165, 1.54) is 22.4 Å². The van der Waals surface area contributed by atoms with E-state index in [9.17, 15) is 0 Å². The summed E-state index contributed by atoms with van der Waals surface area (Å²) < 4.78 is 2.31. The molecule has 5 heteroatoms.